The van der Waals surface area contributed by atoms with Crippen LogP contribution in [0.15, 0.2) is 29.4 Å². The molecule has 0 spiro atoms. The number of rotatable bonds is 4. The van der Waals surface area contributed by atoms with E-state index in [9.17, 15) is 14.4 Å². The van der Waals surface area contributed by atoms with Gasteiger partial charge in [-0.25, -0.2) is 10.2 Å². The molecule has 1 aromatic carbocycles. The molecule has 1 aliphatic rings. The first-order chi connectivity index (χ1) is 11.0. The molecule has 1 atom stereocenters. The van der Waals surface area contributed by atoms with Crippen LogP contribution in [0.1, 0.15) is 25.3 Å². The van der Waals surface area contributed by atoms with Gasteiger partial charge in [0.15, 0.2) is 6.10 Å². The Balaban J connectivity index is 1.96. The van der Waals surface area contributed by atoms with E-state index in [1.54, 1.807) is 24.3 Å². The van der Waals surface area contributed by atoms with Crippen molar-refractivity contribution in [3.05, 3.63) is 29.8 Å². The zero-order valence-electron chi connectivity index (χ0n) is 12.3. The van der Waals surface area contributed by atoms with E-state index in [1.807, 2.05) is 6.07 Å². The van der Waals surface area contributed by atoms with Crippen LogP contribution < -0.4 is 10.7 Å². The highest BCUT2D eigenvalue weighted by Gasteiger charge is 2.24. The number of nitrogens with zero attached hydrogens (tertiary/aromatic N) is 2. The summed E-state index contributed by atoms with van der Waals surface area (Å²) in [6, 6.07) is 8.44. The first-order valence-electron chi connectivity index (χ1n) is 6.87. The molecule has 0 aliphatic carbocycles. The number of amides is 2. The Labute approximate surface area is 132 Å². The molecular formula is C15H14N4O4. The number of hydrogen-bond donors (Lipinski definition) is 2. The van der Waals surface area contributed by atoms with Gasteiger partial charge in [-0.2, -0.15) is 10.4 Å². The molecule has 0 fully saturated rings. The van der Waals surface area contributed by atoms with E-state index in [0.717, 1.165) is 0 Å². The number of ether oxygens (including phenoxy) is 1. The van der Waals surface area contributed by atoms with E-state index in [-0.39, 0.29) is 24.5 Å². The third kappa shape index (κ3) is 4.14. The molecule has 8 nitrogen and oxygen atoms in total. The number of para-hydroxylation sites is 1. The van der Waals surface area contributed by atoms with Crippen LogP contribution >= 0.6 is 0 Å². The first kappa shape index (κ1) is 16.2. The molecule has 0 saturated heterocycles. The van der Waals surface area contributed by atoms with Crippen molar-refractivity contribution in [3.63, 3.8) is 0 Å². The van der Waals surface area contributed by atoms with Crippen molar-refractivity contribution in [2.24, 2.45) is 5.10 Å². The first-order valence-corrected chi connectivity index (χ1v) is 6.87. The van der Waals surface area contributed by atoms with E-state index >= 15 is 0 Å². The summed E-state index contributed by atoms with van der Waals surface area (Å²) in [6.07, 6.45) is -0.769. The predicted octanol–water partition coefficient (Wildman–Crippen LogP) is 0.694. The number of nitriles is 1. The van der Waals surface area contributed by atoms with Gasteiger partial charge in [-0.1, -0.05) is 12.1 Å². The van der Waals surface area contributed by atoms with Crippen molar-refractivity contribution >= 4 is 29.2 Å². The van der Waals surface area contributed by atoms with Gasteiger partial charge in [0.2, 0.25) is 5.91 Å². The minimum Gasteiger partial charge on any atom is -0.448 e. The summed E-state index contributed by atoms with van der Waals surface area (Å²) in [6.45, 7) is 1.41. The maximum absolute atomic E-state index is 12.0. The number of hydrogen-bond acceptors (Lipinski definition) is 6. The van der Waals surface area contributed by atoms with Crippen molar-refractivity contribution in [3.8, 4) is 6.07 Å². The highest BCUT2D eigenvalue weighted by molar-refractivity contribution is 6.37. The van der Waals surface area contributed by atoms with Gasteiger partial charge in [0.05, 0.1) is 11.3 Å². The quantitative estimate of drug-likeness (QED) is 0.792. The van der Waals surface area contributed by atoms with Crippen molar-refractivity contribution in [1.29, 1.82) is 5.26 Å². The summed E-state index contributed by atoms with van der Waals surface area (Å²) in [5, 5.41) is 15.1. The monoisotopic (exact) mass is 314 g/mol. The molecule has 1 aromatic rings. The molecule has 2 amide bonds. The van der Waals surface area contributed by atoms with E-state index < -0.39 is 18.0 Å². The molecule has 0 radical (unpaired) electrons. The highest BCUT2D eigenvalue weighted by Crippen LogP contribution is 2.14. The fourth-order valence-electron chi connectivity index (χ4n) is 1.83. The lowest BCUT2D eigenvalue weighted by Gasteiger charge is -2.16. The second kappa shape index (κ2) is 7.17. The lowest BCUT2D eigenvalue weighted by Crippen LogP contribution is -2.35. The van der Waals surface area contributed by atoms with Gasteiger partial charge in [-0.3, -0.25) is 9.59 Å². The zero-order chi connectivity index (χ0) is 16.8. The smallest absolute Gasteiger partial charge is 0.355 e. The molecule has 1 heterocycles. The molecule has 2 N–H and O–H groups in total. The van der Waals surface area contributed by atoms with Crippen LogP contribution in [0.25, 0.3) is 0 Å². The van der Waals surface area contributed by atoms with Crippen molar-refractivity contribution < 1.29 is 19.1 Å². The van der Waals surface area contributed by atoms with E-state index in [2.05, 4.69) is 15.8 Å². The van der Waals surface area contributed by atoms with Gasteiger partial charge >= 0.3 is 5.97 Å². The Bertz CT molecular complexity index is 720. The molecule has 1 aliphatic heterocycles. The summed E-state index contributed by atoms with van der Waals surface area (Å²) in [7, 11) is 0. The SMILES string of the molecule is C[C@@H](OC(=O)C1=NNC(=O)CC1)C(=O)Nc1ccccc1C#N. The normalized spacial score (nSPS) is 14.8. The number of esters is 1. The Morgan fingerprint density at radius 3 is 2.78 bits per heavy atom. The standard InChI is InChI=1S/C15H14N4O4/c1-9(23-15(22)12-6-7-13(20)19-18-12)14(21)17-11-5-3-2-4-10(11)8-16/h2-5,9H,6-7H2,1H3,(H,17,21)(H,19,20)/t9-/m1/s1. The van der Waals surface area contributed by atoms with E-state index in [1.165, 1.54) is 6.92 Å². The maximum atomic E-state index is 12.0. The summed E-state index contributed by atoms with van der Waals surface area (Å²) in [5.41, 5.74) is 2.88. The topological polar surface area (TPSA) is 121 Å². The number of carbonyl (C=O) groups excluding carboxylic acids is 3. The zero-order valence-corrected chi connectivity index (χ0v) is 12.3. The number of carbonyl (C=O) groups is 3. The Hall–Kier alpha value is -3.21. The van der Waals surface area contributed by atoms with Crippen LogP contribution in [-0.2, 0) is 19.1 Å². The Morgan fingerprint density at radius 2 is 2.13 bits per heavy atom. The molecular weight excluding hydrogens is 300 g/mol. The van der Waals surface area contributed by atoms with Crippen LogP contribution in [0.3, 0.4) is 0 Å². The molecule has 0 bridgehead atoms. The van der Waals surface area contributed by atoms with Gasteiger partial charge in [0.1, 0.15) is 11.8 Å². The third-order valence-electron chi connectivity index (χ3n) is 3.10. The Kier molecular flexibility index (Phi) is 5.04. The molecule has 23 heavy (non-hydrogen) atoms. The third-order valence-corrected chi connectivity index (χ3v) is 3.10. The number of nitrogens with one attached hydrogen (secondary N) is 2. The van der Waals surface area contributed by atoms with Crippen LogP contribution in [0, 0.1) is 11.3 Å². The van der Waals surface area contributed by atoms with Gasteiger partial charge in [0, 0.05) is 12.8 Å². The van der Waals surface area contributed by atoms with Crippen LogP contribution in [-0.4, -0.2) is 29.6 Å². The molecule has 0 aromatic heterocycles. The predicted molar refractivity (Wildman–Crippen MR) is 80.2 cm³/mol. The van der Waals surface area contributed by atoms with E-state index in [0.29, 0.717) is 11.3 Å². The minimum atomic E-state index is -1.07. The number of hydrazone groups is 1. The molecule has 2 rings (SSSR count). The fourth-order valence-corrected chi connectivity index (χ4v) is 1.83. The van der Waals surface area contributed by atoms with Gasteiger partial charge < -0.3 is 10.1 Å². The summed E-state index contributed by atoms with van der Waals surface area (Å²) in [4.78, 5) is 34.9. The van der Waals surface area contributed by atoms with Crippen LogP contribution in [0.5, 0.6) is 0 Å². The molecule has 8 heteroatoms. The van der Waals surface area contributed by atoms with Crippen LogP contribution in [0.4, 0.5) is 5.69 Å². The van der Waals surface area contributed by atoms with E-state index in [4.69, 9.17) is 10.00 Å². The minimum absolute atomic E-state index is 0.0571. The molecule has 118 valence electrons. The van der Waals surface area contributed by atoms with Crippen molar-refractivity contribution in [2.75, 3.05) is 5.32 Å². The van der Waals surface area contributed by atoms with Gasteiger partial charge in [0.25, 0.3) is 5.91 Å². The Morgan fingerprint density at radius 1 is 1.39 bits per heavy atom. The molecule has 0 unspecified atom stereocenters. The number of benzene rings is 1. The van der Waals surface area contributed by atoms with Gasteiger partial charge in [-0.15, -0.1) is 0 Å². The fraction of sp³-hybridized carbons (Fsp3) is 0.267. The van der Waals surface area contributed by atoms with Crippen LogP contribution in [0.2, 0.25) is 0 Å². The maximum Gasteiger partial charge on any atom is 0.355 e. The largest absolute Gasteiger partial charge is 0.448 e. The average Bonchev–Trinajstić information content (AvgIpc) is 2.55. The summed E-state index contributed by atoms with van der Waals surface area (Å²) in [5.74, 6) is -1.61. The van der Waals surface area contributed by atoms with Crippen molar-refractivity contribution in [2.45, 2.75) is 25.9 Å². The molecule has 0 saturated carbocycles. The number of anilines is 1. The average molecular weight is 314 g/mol. The lowest BCUT2D eigenvalue weighted by molar-refractivity contribution is -0.146. The van der Waals surface area contributed by atoms with Crippen molar-refractivity contribution in [1.82, 2.24) is 5.43 Å². The summed E-state index contributed by atoms with van der Waals surface area (Å²) < 4.78 is 5.02. The lowest BCUT2D eigenvalue weighted by atomic mass is 10.2. The summed E-state index contributed by atoms with van der Waals surface area (Å²) >= 11 is 0. The second-order valence-electron chi connectivity index (χ2n) is 4.79. The second-order valence-corrected chi connectivity index (χ2v) is 4.79. The highest BCUT2D eigenvalue weighted by atomic mass is 16.5. The van der Waals surface area contributed by atoms with Gasteiger partial charge in [-0.05, 0) is 19.1 Å².